The van der Waals surface area contributed by atoms with Gasteiger partial charge in [-0.25, -0.2) is 8.78 Å². The summed E-state index contributed by atoms with van der Waals surface area (Å²) in [6, 6.07) is 6.69. The van der Waals surface area contributed by atoms with Crippen molar-refractivity contribution in [3.63, 3.8) is 0 Å². The summed E-state index contributed by atoms with van der Waals surface area (Å²) >= 11 is 0. The van der Waals surface area contributed by atoms with Crippen LogP contribution in [0.4, 0.5) is 22.0 Å². The number of carbonyl (C=O) groups is 1. The summed E-state index contributed by atoms with van der Waals surface area (Å²) in [7, 11) is 1.45. The van der Waals surface area contributed by atoms with E-state index in [9.17, 15) is 31.9 Å². The predicted molar refractivity (Wildman–Crippen MR) is 128 cm³/mol. The Morgan fingerprint density at radius 3 is 2.39 bits per heavy atom. The number of phenols is 1. The van der Waals surface area contributed by atoms with E-state index in [1.165, 1.54) is 13.2 Å². The molecule has 1 fully saturated rings. The average Bonchev–Trinajstić information content (AvgIpc) is 3.49. The maximum absolute atomic E-state index is 13.5. The fourth-order valence-corrected chi connectivity index (χ4v) is 4.95. The number of aromatic hydroxyl groups is 1. The van der Waals surface area contributed by atoms with Gasteiger partial charge in [-0.15, -0.1) is 0 Å². The number of nitrogens with zero attached hydrogens (tertiary/aromatic N) is 4. The summed E-state index contributed by atoms with van der Waals surface area (Å²) in [5, 5.41) is 20.9. The third kappa shape index (κ3) is 5.07. The van der Waals surface area contributed by atoms with Gasteiger partial charge in [-0.05, 0) is 55.4 Å². The molecule has 1 aliphatic carbocycles. The zero-order valence-corrected chi connectivity index (χ0v) is 20.3. The molecule has 2 aromatic carbocycles. The minimum Gasteiger partial charge on any atom is -0.503 e. The van der Waals surface area contributed by atoms with Crippen molar-refractivity contribution in [1.82, 2.24) is 24.9 Å². The molecule has 0 bridgehead atoms. The van der Waals surface area contributed by atoms with Crippen molar-refractivity contribution in [3.8, 4) is 16.9 Å². The molecule has 1 saturated carbocycles. The molecule has 2 aromatic heterocycles. The molecule has 1 amide bonds. The number of fused-ring (bicyclic) bond motifs is 1. The van der Waals surface area contributed by atoms with Gasteiger partial charge in [0.2, 0.25) is 0 Å². The maximum atomic E-state index is 13.5. The lowest BCUT2D eigenvalue weighted by molar-refractivity contribution is -0.140. The van der Waals surface area contributed by atoms with Gasteiger partial charge in [-0.3, -0.25) is 14.2 Å². The van der Waals surface area contributed by atoms with Gasteiger partial charge in [-0.2, -0.15) is 23.4 Å². The second-order valence-electron chi connectivity index (χ2n) is 9.62. The lowest BCUT2D eigenvalue weighted by Crippen LogP contribution is -2.31. The van der Waals surface area contributed by atoms with Crippen molar-refractivity contribution in [3.05, 3.63) is 65.6 Å². The van der Waals surface area contributed by atoms with Gasteiger partial charge in [0.15, 0.2) is 23.1 Å². The third-order valence-electron chi connectivity index (χ3n) is 6.95. The molecule has 0 atom stereocenters. The number of aromatic nitrogens is 4. The fourth-order valence-electron chi connectivity index (χ4n) is 4.95. The number of alkyl halides is 3. The smallest absolute Gasteiger partial charge is 0.435 e. The van der Waals surface area contributed by atoms with Crippen LogP contribution in [-0.2, 0) is 13.2 Å². The molecule has 0 unspecified atom stereocenters. The first-order chi connectivity index (χ1) is 18.0. The number of carbonyl (C=O) groups excluding carboxylic acids is 1. The molecule has 2 N–H and O–H groups in total. The van der Waals surface area contributed by atoms with E-state index in [0.29, 0.717) is 17.6 Å². The van der Waals surface area contributed by atoms with E-state index in [2.05, 4.69) is 15.5 Å². The lowest BCUT2D eigenvalue weighted by Gasteiger charge is -2.28. The van der Waals surface area contributed by atoms with Gasteiger partial charge >= 0.3 is 6.18 Å². The van der Waals surface area contributed by atoms with Gasteiger partial charge in [0.1, 0.15) is 0 Å². The van der Waals surface area contributed by atoms with Gasteiger partial charge in [-0.1, -0.05) is 12.1 Å². The molecule has 200 valence electrons. The molecule has 0 spiro atoms. The Morgan fingerprint density at radius 1 is 1.05 bits per heavy atom. The molecule has 4 aromatic rings. The maximum Gasteiger partial charge on any atom is 0.435 e. The number of rotatable bonds is 5. The molecule has 38 heavy (non-hydrogen) atoms. The van der Waals surface area contributed by atoms with E-state index >= 15 is 0 Å². The first kappa shape index (κ1) is 25.7. The average molecular weight is 534 g/mol. The molecule has 0 aliphatic heterocycles. The number of halogens is 5. The highest BCUT2D eigenvalue weighted by molar-refractivity contribution is 5.94. The van der Waals surface area contributed by atoms with E-state index in [-0.39, 0.29) is 23.1 Å². The SMILES string of the molecule is Cn1cc(-c2ccc3cn([C@H]4CC[C@H](CNC(=O)c5cc(F)c(O)c(F)c5)CC4)nc3c2)c(C(F)(F)F)n1. The van der Waals surface area contributed by atoms with Crippen LogP contribution in [0.25, 0.3) is 22.0 Å². The van der Waals surface area contributed by atoms with Crippen molar-refractivity contribution in [2.45, 2.75) is 37.9 Å². The third-order valence-corrected chi connectivity index (χ3v) is 6.95. The summed E-state index contributed by atoms with van der Waals surface area (Å²) in [6.07, 6.45) is 1.79. The minimum atomic E-state index is -4.57. The van der Waals surface area contributed by atoms with Crippen molar-refractivity contribution >= 4 is 16.8 Å². The summed E-state index contributed by atoms with van der Waals surface area (Å²) in [5.74, 6) is -3.97. The normalized spacial score (nSPS) is 18.2. The largest absolute Gasteiger partial charge is 0.503 e. The highest BCUT2D eigenvalue weighted by Crippen LogP contribution is 2.37. The molecule has 0 radical (unpaired) electrons. The zero-order chi connectivity index (χ0) is 27.2. The molecule has 0 saturated heterocycles. The highest BCUT2D eigenvalue weighted by Gasteiger charge is 2.37. The highest BCUT2D eigenvalue weighted by atomic mass is 19.4. The first-order valence-electron chi connectivity index (χ1n) is 12.1. The second kappa shape index (κ2) is 9.73. The van der Waals surface area contributed by atoms with Crippen molar-refractivity contribution in [1.29, 1.82) is 0 Å². The fraction of sp³-hybridized carbons (Fsp3) is 0.346. The van der Waals surface area contributed by atoms with E-state index < -0.39 is 35.2 Å². The zero-order valence-electron chi connectivity index (χ0n) is 20.3. The summed E-state index contributed by atoms with van der Waals surface area (Å²) in [5.41, 5.74) is -0.178. The van der Waals surface area contributed by atoms with Crippen LogP contribution in [0.15, 0.2) is 42.7 Å². The molecule has 2 heterocycles. The van der Waals surface area contributed by atoms with E-state index in [1.54, 1.807) is 18.2 Å². The van der Waals surface area contributed by atoms with Crippen LogP contribution in [0.2, 0.25) is 0 Å². The topological polar surface area (TPSA) is 85.0 Å². The molecular formula is C26H24F5N5O2. The Morgan fingerprint density at radius 2 is 1.74 bits per heavy atom. The Hall–Kier alpha value is -3.96. The van der Waals surface area contributed by atoms with Gasteiger partial charge in [0, 0.05) is 42.5 Å². The molecule has 12 heteroatoms. The molecule has 5 rings (SSSR count). The van der Waals surface area contributed by atoms with Crippen LogP contribution < -0.4 is 5.32 Å². The Labute approximate surface area is 213 Å². The van der Waals surface area contributed by atoms with Gasteiger partial charge in [0.05, 0.1) is 11.6 Å². The van der Waals surface area contributed by atoms with Gasteiger partial charge < -0.3 is 10.4 Å². The monoisotopic (exact) mass is 533 g/mol. The van der Waals surface area contributed by atoms with E-state index in [4.69, 9.17) is 0 Å². The van der Waals surface area contributed by atoms with Crippen molar-refractivity contribution in [2.75, 3.05) is 6.54 Å². The van der Waals surface area contributed by atoms with Crippen LogP contribution >= 0.6 is 0 Å². The number of hydrogen-bond acceptors (Lipinski definition) is 4. The lowest BCUT2D eigenvalue weighted by atomic mass is 9.86. The number of hydrogen-bond donors (Lipinski definition) is 2. The Kier molecular flexibility index (Phi) is 6.58. The van der Waals surface area contributed by atoms with Crippen molar-refractivity contribution in [2.24, 2.45) is 13.0 Å². The van der Waals surface area contributed by atoms with Crippen molar-refractivity contribution < 1.29 is 31.9 Å². The minimum absolute atomic E-state index is 0.00298. The van der Waals surface area contributed by atoms with E-state index in [0.717, 1.165) is 47.9 Å². The van der Waals surface area contributed by atoms with Gasteiger partial charge in [0.25, 0.3) is 5.91 Å². The quantitative estimate of drug-likeness (QED) is 0.327. The number of nitrogens with one attached hydrogen (secondary N) is 1. The summed E-state index contributed by atoms with van der Waals surface area (Å²) in [4.78, 5) is 12.3. The molecule has 7 nitrogen and oxygen atoms in total. The summed E-state index contributed by atoms with van der Waals surface area (Å²) in [6.45, 7) is 0.340. The van der Waals surface area contributed by atoms with E-state index in [1.807, 2.05) is 10.9 Å². The number of phenolic OH excluding ortho intramolecular Hbond substituents is 1. The molecule has 1 aliphatic rings. The Balaban J connectivity index is 1.22. The molecular weight excluding hydrogens is 509 g/mol. The number of amides is 1. The predicted octanol–water partition coefficient (Wildman–Crippen LogP) is 5.60. The van der Waals surface area contributed by atoms with Crippen LogP contribution in [0, 0.1) is 17.6 Å². The first-order valence-corrected chi connectivity index (χ1v) is 12.1. The second-order valence-corrected chi connectivity index (χ2v) is 9.62. The number of benzene rings is 2. The van der Waals surface area contributed by atoms with Crippen LogP contribution in [0.1, 0.15) is 47.8 Å². The van der Waals surface area contributed by atoms with Crippen LogP contribution in [-0.4, -0.2) is 37.1 Å². The van der Waals surface area contributed by atoms with Crippen LogP contribution in [0.5, 0.6) is 5.75 Å². The standard InChI is InChI=1S/C26H24F5N5O2/c1-35-13-19(24(34-35)26(29,30)31)15-4-5-16-12-36(33-22(16)10-15)18-6-2-14(3-7-18)11-32-25(38)17-8-20(27)23(37)21(28)9-17/h4-5,8-10,12-14,18,37H,2-3,6-7,11H2,1H3,(H,32,38)/t14-,18-. The summed E-state index contributed by atoms with van der Waals surface area (Å²) < 4.78 is 70.3. The Bertz CT molecular complexity index is 1480. The number of aryl methyl sites for hydroxylation is 1. The van der Waals surface area contributed by atoms with Crippen LogP contribution in [0.3, 0.4) is 0 Å².